The highest BCUT2D eigenvalue weighted by Crippen LogP contribution is 2.16. The number of aromatic nitrogens is 1. The zero-order valence-corrected chi connectivity index (χ0v) is 13.6. The number of nitrogens with one attached hydrogen (secondary N) is 1. The summed E-state index contributed by atoms with van der Waals surface area (Å²) in [5.41, 5.74) is 0. The van der Waals surface area contributed by atoms with Gasteiger partial charge in [-0.3, -0.25) is 0 Å². The first-order valence-corrected chi connectivity index (χ1v) is 8.48. The number of rotatable bonds is 8. The van der Waals surface area contributed by atoms with Crippen molar-refractivity contribution in [3.8, 4) is 0 Å². The van der Waals surface area contributed by atoms with E-state index < -0.39 is 10.0 Å². The maximum atomic E-state index is 12.3. The van der Waals surface area contributed by atoms with Gasteiger partial charge in [0, 0.05) is 26.3 Å². The Morgan fingerprint density at radius 2 is 2.05 bits per heavy atom. The van der Waals surface area contributed by atoms with Gasteiger partial charge < -0.3 is 5.32 Å². The highest BCUT2D eigenvalue weighted by molar-refractivity contribution is 7.89. The van der Waals surface area contributed by atoms with Crippen LogP contribution in [-0.2, 0) is 10.0 Å². The minimum atomic E-state index is -3.43. The first kappa shape index (κ1) is 16.9. The summed E-state index contributed by atoms with van der Waals surface area (Å²) in [5.74, 6) is 1.18. The van der Waals surface area contributed by atoms with Gasteiger partial charge in [0.2, 0.25) is 10.0 Å². The third-order valence-corrected chi connectivity index (χ3v) is 4.86. The van der Waals surface area contributed by atoms with Crippen LogP contribution >= 0.6 is 0 Å². The lowest BCUT2D eigenvalue weighted by atomic mass is 10.1. The van der Waals surface area contributed by atoms with Gasteiger partial charge in [0.15, 0.2) is 0 Å². The third kappa shape index (κ3) is 4.76. The van der Waals surface area contributed by atoms with Crippen LogP contribution in [0, 0.1) is 5.92 Å². The monoisotopic (exact) mass is 299 g/mol. The van der Waals surface area contributed by atoms with Gasteiger partial charge in [-0.15, -0.1) is 0 Å². The van der Waals surface area contributed by atoms with E-state index in [-0.39, 0.29) is 4.90 Å². The number of nitrogens with zero attached hydrogens (tertiary/aromatic N) is 2. The molecule has 0 spiro atoms. The van der Waals surface area contributed by atoms with Crippen molar-refractivity contribution in [2.75, 3.05) is 25.5 Å². The molecule has 0 aliphatic carbocycles. The predicted molar refractivity (Wildman–Crippen MR) is 82.3 cm³/mol. The van der Waals surface area contributed by atoms with E-state index in [0.717, 1.165) is 19.4 Å². The molecule has 20 heavy (non-hydrogen) atoms. The zero-order chi connectivity index (χ0) is 15.2. The fraction of sp³-hybridized carbons (Fsp3) is 0.643. The molecule has 0 aliphatic rings. The van der Waals surface area contributed by atoms with Crippen LogP contribution in [0.2, 0.25) is 0 Å². The largest absolute Gasteiger partial charge is 0.370 e. The Morgan fingerprint density at radius 1 is 1.35 bits per heavy atom. The van der Waals surface area contributed by atoms with Crippen LogP contribution in [0.25, 0.3) is 0 Å². The summed E-state index contributed by atoms with van der Waals surface area (Å²) in [5, 5.41) is 3.12. The summed E-state index contributed by atoms with van der Waals surface area (Å²) < 4.78 is 26.1. The molecule has 0 radical (unpaired) electrons. The Bertz CT molecular complexity index is 498. The van der Waals surface area contributed by atoms with E-state index in [4.69, 9.17) is 0 Å². The number of pyridine rings is 1. The van der Waals surface area contributed by atoms with Crippen molar-refractivity contribution in [3.63, 3.8) is 0 Å². The molecule has 6 heteroatoms. The minimum Gasteiger partial charge on any atom is -0.370 e. The lowest BCUT2D eigenvalue weighted by molar-refractivity contribution is 0.428. The van der Waals surface area contributed by atoms with Crippen molar-refractivity contribution in [1.29, 1.82) is 0 Å². The molecule has 5 nitrogen and oxygen atoms in total. The fourth-order valence-corrected chi connectivity index (χ4v) is 2.76. The average molecular weight is 299 g/mol. The van der Waals surface area contributed by atoms with Crippen LogP contribution < -0.4 is 5.32 Å². The topological polar surface area (TPSA) is 62.3 Å². The van der Waals surface area contributed by atoms with Gasteiger partial charge in [0.1, 0.15) is 10.7 Å². The molecule has 0 saturated heterocycles. The van der Waals surface area contributed by atoms with E-state index >= 15 is 0 Å². The van der Waals surface area contributed by atoms with Gasteiger partial charge in [-0.25, -0.2) is 17.7 Å². The van der Waals surface area contributed by atoms with Gasteiger partial charge in [-0.1, -0.05) is 20.8 Å². The van der Waals surface area contributed by atoms with E-state index in [1.165, 1.54) is 10.5 Å². The second kappa shape index (κ2) is 7.59. The van der Waals surface area contributed by atoms with Crippen molar-refractivity contribution in [1.82, 2.24) is 9.29 Å². The van der Waals surface area contributed by atoms with E-state index in [2.05, 4.69) is 31.1 Å². The summed E-state index contributed by atoms with van der Waals surface area (Å²) in [6.07, 6.45) is 3.26. The average Bonchev–Trinajstić information content (AvgIpc) is 2.42. The maximum absolute atomic E-state index is 12.3. The van der Waals surface area contributed by atoms with E-state index in [0.29, 0.717) is 18.3 Å². The quantitative estimate of drug-likeness (QED) is 0.801. The summed E-state index contributed by atoms with van der Waals surface area (Å²) >= 11 is 0. The van der Waals surface area contributed by atoms with Crippen molar-refractivity contribution >= 4 is 15.8 Å². The SMILES string of the molecule is CCCNc1ccc(S(=O)(=O)N(C)CCC(C)C)cn1. The Labute approximate surface area is 122 Å². The predicted octanol–water partition coefficient (Wildman–Crippen LogP) is 2.57. The van der Waals surface area contributed by atoms with Gasteiger partial charge in [-0.05, 0) is 30.9 Å². The molecule has 1 aromatic heterocycles. The molecule has 0 fully saturated rings. The molecule has 0 amide bonds. The molecule has 0 saturated carbocycles. The first-order chi connectivity index (χ1) is 9.37. The third-order valence-electron chi connectivity index (χ3n) is 3.02. The minimum absolute atomic E-state index is 0.241. The van der Waals surface area contributed by atoms with Crippen molar-refractivity contribution in [2.24, 2.45) is 5.92 Å². The first-order valence-electron chi connectivity index (χ1n) is 7.04. The molecular weight excluding hydrogens is 274 g/mol. The standard InChI is InChI=1S/C14H25N3O2S/c1-5-9-15-14-7-6-13(11-16-14)20(18,19)17(4)10-8-12(2)3/h6-7,11-12H,5,8-10H2,1-4H3,(H,15,16). The summed E-state index contributed by atoms with van der Waals surface area (Å²) in [6.45, 7) is 7.57. The van der Waals surface area contributed by atoms with Crippen LogP contribution in [0.4, 0.5) is 5.82 Å². The highest BCUT2D eigenvalue weighted by atomic mass is 32.2. The molecule has 1 N–H and O–H groups in total. The van der Waals surface area contributed by atoms with Crippen LogP contribution in [0.5, 0.6) is 0 Å². The van der Waals surface area contributed by atoms with E-state index in [1.54, 1.807) is 19.2 Å². The molecule has 1 rings (SSSR count). The second-order valence-electron chi connectivity index (χ2n) is 5.32. The van der Waals surface area contributed by atoms with Crippen molar-refractivity contribution in [3.05, 3.63) is 18.3 Å². The lowest BCUT2D eigenvalue weighted by Crippen LogP contribution is -2.28. The smallest absolute Gasteiger partial charge is 0.244 e. The number of hydrogen-bond acceptors (Lipinski definition) is 4. The van der Waals surface area contributed by atoms with Crippen LogP contribution in [0.1, 0.15) is 33.6 Å². The molecule has 0 aromatic carbocycles. The Morgan fingerprint density at radius 3 is 2.55 bits per heavy atom. The normalized spacial score (nSPS) is 12.1. The molecule has 114 valence electrons. The molecule has 0 bridgehead atoms. The zero-order valence-electron chi connectivity index (χ0n) is 12.8. The lowest BCUT2D eigenvalue weighted by Gasteiger charge is -2.18. The van der Waals surface area contributed by atoms with Crippen molar-refractivity contribution in [2.45, 2.75) is 38.5 Å². The maximum Gasteiger partial charge on any atom is 0.244 e. The number of sulfonamides is 1. The summed E-state index contributed by atoms with van der Waals surface area (Å²) in [7, 11) is -1.82. The Balaban J connectivity index is 2.76. The number of anilines is 1. The fourth-order valence-electron chi connectivity index (χ4n) is 1.63. The van der Waals surface area contributed by atoms with Crippen molar-refractivity contribution < 1.29 is 8.42 Å². The Hall–Kier alpha value is -1.14. The molecule has 0 atom stereocenters. The van der Waals surface area contributed by atoms with Gasteiger partial charge in [0.05, 0.1) is 0 Å². The second-order valence-corrected chi connectivity index (χ2v) is 7.36. The van der Waals surface area contributed by atoms with E-state index in [9.17, 15) is 8.42 Å². The van der Waals surface area contributed by atoms with Gasteiger partial charge >= 0.3 is 0 Å². The summed E-state index contributed by atoms with van der Waals surface area (Å²) in [4.78, 5) is 4.38. The molecule has 1 heterocycles. The summed E-state index contributed by atoms with van der Waals surface area (Å²) in [6, 6.07) is 3.31. The van der Waals surface area contributed by atoms with Crippen LogP contribution in [0.15, 0.2) is 23.2 Å². The molecule has 1 aromatic rings. The highest BCUT2D eigenvalue weighted by Gasteiger charge is 2.20. The Kier molecular flexibility index (Phi) is 6.42. The number of hydrogen-bond donors (Lipinski definition) is 1. The molecular formula is C14H25N3O2S. The van der Waals surface area contributed by atoms with Crippen LogP contribution in [-0.4, -0.2) is 37.8 Å². The molecule has 0 aliphatic heterocycles. The molecule has 0 unspecified atom stereocenters. The van der Waals surface area contributed by atoms with E-state index in [1.807, 2.05) is 0 Å². The van der Waals surface area contributed by atoms with Gasteiger partial charge in [-0.2, -0.15) is 0 Å². The van der Waals surface area contributed by atoms with Crippen LogP contribution in [0.3, 0.4) is 0 Å². The van der Waals surface area contributed by atoms with Gasteiger partial charge in [0.25, 0.3) is 0 Å².